The van der Waals surface area contributed by atoms with Crippen LogP contribution in [0.3, 0.4) is 0 Å². The first-order chi connectivity index (χ1) is 12.2. The summed E-state index contributed by atoms with van der Waals surface area (Å²) in [5.74, 6) is 1.62. The second-order valence-electron chi connectivity index (χ2n) is 7.75. The molecule has 0 N–H and O–H groups in total. The minimum absolute atomic E-state index is 0.382. The maximum atomic E-state index is 6.21. The van der Waals surface area contributed by atoms with Crippen LogP contribution in [-0.2, 0) is 15.9 Å². The summed E-state index contributed by atoms with van der Waals surface area (Å²) in [6.45, 7) is 10.7. The van der Waals surface area contributed by atoms with Gasteiger partial charge in [0.1, 0.15) is 18.1 Å². The normalized spacial score (nSPS) is 18.0. The van der Waals surface area contributed by atoms with Crippen LogP contribution in [0.2, 0.25) is 0 Å². The number of rotatable bonds is 5. The van der Waals surface area contributed by atoms with Gasteiger partial charge in [0.2, 0.25) is 0 Å². The highest BCUT2D eigenvalue weighted by Gasteiger charge is 2.52. The third-order valence-corrected chi connectivity index (χ3v) is 5.27. The molecule has 1 saturated heterocycles. The third kappa shape index (κ3) is 3.74. The number of aryl methyl sites for hydroxylation is 1. The molecule has 3 rings (SSSR count). The van der Waals surface area contributed by atoms with Crippen molar-refractivity contribution in [2.75, 3.05) is 7.11 Å². The van der Waals surface area contributed by atoms with E-state index < -0.39 is 7.12 Å². The van der Waals surface area contributed by atoms with Crippen molar-refractivity contribution in [2.24, 2.45) is 0 Å². The second-order valence-corrected chi connectivity index (χ2v) is 7.75. The zero-order valence-corrected chi connectivity index (χ0v) is 16.5. The van der Waals surface area contributed by atoms with E-state index >= 15 is 0 Å². The van der Waals surface area contributed by atoms with Crippen LogP contribution >= 0.6 is 0 Å². The summed E-state index contributed by atoms with van der Waals surface area (Å²) in [5, 5.41) is 0. The lowest BCUT2D eigenvalue weighted by Crippen LogP contribution is -2.41. The quantitative estimate of drug-likeness (QED) is 0.764. The first kappa shape index (κ1) is 18.8. The number of benzene rings is 2. The fraction of sp³-hybridized carbons (Fsp3) is 0.429. The van der Waals surface area contributed by atoms with Crippen molar-refractivity contribution in [1.29, 1.82) is 0 Å². The third-order valence-electron chi connectivity index (χ3n) is 5.27. The Balaban J connectivity index is 1.85. The van der Waals surface area contributed by atoms with Crippen LogP contribution in [-0.4, -0.2) is 25.4 Å². The fourth-order valence-corrected chi connectivity index (χ4v) is 2.83. The highest BCUT2D eigenvalue weighted by atomic mass is 16.7. The van der Waals surface area contributed by atoms with E-state index in [9.17, 15) is 0 Å². The van der Waals surface area contributed by atoms with E-state index in [-0.39, 0.29) is 11.2 Å². The van der Waals surface area contributed by atoms with Crippen LogP contribution < -0.4 is 14.9 Å². The van der Waals surface area contributed by atoms with Crippen molar-refractivity contribution in [3.8, 4) is 11.5 Å². The largest absolute Gasteiger partial charge is 0.497 e. The molecule has 26 heavy (non-hydrogen) atoms. The molecule has 4 nitrogen and oxygen atoms in total. The predicted molar refractivity (Wildman–Crippen MR) is 104 cm³/mol. The molecule has 1 heterocycles. The van der Waals surface area contributed by atoms with Crippen molar-refractivity contribution in [3.63, 3.8) is 0 Å². The van der Waals surface area contributed by atoms with Gasteiger partial charge in [-0.05, 0) is 69.9 Å². The smallest absolute Gasteiger partial charge is 0.495 e. The molecule has 5 heteroatoms. The summed E-state index contributed by atoms with van der Waals surface area (Å²) in [6.07, 6.45) is 0. The number of ether oxygens (including phenoxy) is 2. The number of hydrogen-bond donors (Lipinski definition) is 0. The lowest BCUT2D eigenvalue weighted by molar-refractivity contribution is 0.00578. The minimum Gasteiger partial charge on any atom is -0.497 e. The molecule has 1 fully saturated rings. The van der Waals surface area contributed by atoms with E-state index in [1.54, 1.807) is 7.11 Å². The summed E-state index contributed by atoms with van der Waals surface area (Å²) < 4.78 is 23.8. The molecule has 2 aromatic carbocycles. The van der Waals surface area contributed by atoms with Gasteiger partial charge in [-0.1, -0.05) is 23.8 Å². The van der Waals surface area contributed by atoms with Crippen molar-refractivity contribution in [1.82, 2.24) is 0 Å². The maximum absolute atomic E-state index is 6.21. The van der Waals surface area contributed by atoms with E-state index in [2.05, 4.69) is 34.6 Å². The summed E-state index contributed by atoms with van der Waals surface area (Å²) in [6, 6.07) is 13.9. The van der Waals surface area contributed by atoms with E-state index in [1.807, 2.05) is 42.5 Å². The predicted octanol–water partition coefficient (Wildman–Crippen LogP) is 3.88. The van der Waals surface area contributed by atoms with Crippen LogP contribution in [0.5, 0.6) is 11.5 Å². The summed E-state index contributed by atoms with van der Waals surface area (Å²) in [5.41, 5.74) is 2.40. The van der Waals surface area contributed by atoms with Gasteiger partial charge in [0.25, 0.3) is 0 Å². The van der Waals surface area contributed by atoms with Gasteiger partial charge in [0.15, 0.2) is 0 Å². The van der Waals surface area contributed by atoms with E-state index in [4.69, 9.17) is 18.8 Å². The molecular weight excluding hydrogens is 327 g/mol. The number of methoxy groups -OCH3 is 1. The Morgan fingerprint density at radius 2 is 1.46 bits per heavy atom. The van der Waals surface area contributed by atoms with Gasteiger partial charge in [-0.15, -0.1) is 0 Å². The molecule has 0 atom stereocenters. The molecule has 0 saturated carbocycles. The van der Waals surface area contributed by atoms with Crippen LogP contribution in [0.1, 0.15) is 38.8 Å². The topological polar surface area (TPSA) is 36.9 Å². The van der Waals surface area contributed by atoms with E-state index in [0.29, 0.717) is 6.61 Å². The zero-order valence-electron chi connectivity index (χ0n) is 16.5. The molecule has 0 unspecified atom stereocenters. The van der Waals surface area contributed by atoms with Crippen molar-refractivity contribution in [2.45, 2.75) is 52.4 Å². The lowest BCUT2D eigenvalue weighted by atomic mass is 9.76. The fourth-order valence-electron chi connectivity index (χ4n) is 2.83. The molecule has 2 aromatic rings. The molecule has 0 amide bonds. The molecule has 0 aliphatic carbocycles. The molecule has 0 radical (unpaired) electrons. The molecule has 0 spiro atoms. The Morgan fingerprint density at radius 3 is 2.04 bits per heavy atom. The van der Waals surface area contributed by atoms with Crippen molar-refractivity contribution >= 4 is 12.6 Å². The van der Waals surface area contributed by atoms with Gasteiger partial charge < -0.3 is 18.8 Å². The van der Waals surface area contributed by atoms with Crippen LogP contribution in [0, 0.1) is 6.92 Å². The first-order valence-corrected chi connectivity index (χ1v) is 8.94. The van der Waals surface area contributed by atoms with Crippen molar-refractivity contribution in [3.05, 3.63) is 53.6 Å². The Bertz CT molecular complexity index is 752. The Hall–Kier alpha value is -1.98. The Kier molecular flexibility index (Phi) is 5.04. The van der Waals surface area contributed by atoms with Gasteiger partial charge in [-0.2, -0.15) is 0 Å². The SMILES string of the molecule is COc1ccc(B2OC(C)(C)C(C)(C)O2)c(COc2ccc(C)cc2)c1. The van der Waals surface area contributed by atoms with Gasteiger partial charge in [0, 0.05) is 0 Å². The average Bonchev–Trinajstić information content (AvgIpc) is 2.81. The van der Waals surface area contributed by atoms with Gasteiger partial charge in [0.05, 0.1) is 18.3 Å². The maximum Gasteiger partial charge on any atom is 0.495 e. The number of hydrogen-bond acceptors (Lipinski definition) is 4. The second kappa shape index (κ2) is 6.97. The lowest BCUT2D eigenvalue weighted by Gasteiger charge is -2.32. The molecular formula is C21H27BO4. The molecule has 138 valence electrons. The molecule has 0 aromatic heterocycles. The summed E-state index contributed by atoms with van der Waals surface area (Å²) in [4.78, 5) is 0. The van der Waals surface area contributed by atoms with Crippen molar-refractivity contribution < 1.29 is 18.8 Å². The first-order valence-electron chi connectivity index (χ1n) is 8.94. The highest BCUT2D eigenvalue weighted by Crippen LogP contribution is 2.37. The van der Waals surface area contributed by atoms with Crippen LogP contribution in [0.25, 0.3) is 0 Å². The Morgan fingerprint density at radius 1 is 0.885 bits per heavy atom. The monoisotopic (exact) mass is 354 g/mol. The van der Waals surface area contributed by atoms with Crippen LogP contribution in [0.15, 0.2) is 42.5 Å². The summed E-state index contributed by atoms with van der Waals surface area (Å²) >= 11 is 0. The van der Waals surface area contributed by atoms with E-state index in [1.165, 1.54) is 5.56 Å². The molecule has 1 aliphatic rings. The van der Waals surface area contributed by atoms with Gasteiger partial charge >= 0.3 is 7.12 Å². The highest BCUT2D eigenvalue weighted by molar-refractivity contribution is 6.62. The Labute approximate surface area is 156 Å². The van der Waals surface area contributed by atoms with Gasteiger partial charge in [-0.25, -0.2) is 0 Å². The van der Waals surface area contributed by atoms with Crippen LogP contribution in [0.4, 0.5) is 0 Å². The van der Waals surface area contributed by atoms with E-state index in [0.717, 1.165) is 22.5 Å². The summed E-state index contributed by atoms with van der Waals surface area (Å²) in [7, 11) is 1.23. The minimum atomic E-state index is -0.428. The molecule has 1 aliphatic heterocycles. The standard InChI is InChI=1S/C21H27BO4/c1-15-7-9-17(10-8-15)24-14-16-13-18(23-6)11-12-19(16)22-25-20(2,3)21(4,5)26-22/h7-13H,14H2,1-6H3. The molecule has 0 bridgehead atoms. The van der Waals surface area contributed by atoms with Gasteiger partial charge in [-0.3, -0.25) is 0 Å². The zero-order chi connectivity index (χ0) is 18.9. The average molecular weight is 354 g/mol.